The summed E-state index contributed by atoms with van der Waals surface area (Å²) >= 11 is 0. The maximum absolute atomic E-state index is 12.2. The van der Waals surface area contributed by atoms with Crippen LogP contribution in [0.15, 0.2) is 48.5 Å². The van der Waals surface area contributed by atoms with E-state index in [1.165, 1.54) is 5.56 Å². The number of anilines is 1. The van der Waals surface area contributed by atoms with Gasteiger partial charge in [0.25, 0.3) is 5.91 Å². The number of para-hydroxylation sites is 1. The lowest BCUT2D eigenvalue weighted by Gasteiger charge is -2.11. The Morgan fingerprint density at radius 3 is 2.38 bits per heavy atom. The highest BCUT2D eigenvalue weighted by Gasteiger charge is 2.13. The third-order valence-corrected chi connectivity index (χ3v) is 3.49. The van der Waals surface area contributed by atoms with E-state index in [-0.39, 0.29) is 18.4 Å². The molecule has 0 spiro atoms. The highest BCUT2D eigenvalue weighted by atomic mass is 16.5. The van der Waals surface area contributed by atoms with Crippen LogP contribution in [0.2, 0.25) is 0 Å². The van der Waals surface area contributed by atoms with E-state index >= 15 is 0 Å². The van der Waals surface area contributed by atoms with Crippen LogP contribution in [0.5, 0.6) is 5.75 Å². The van der Waals surface area contributed by atoms with Crippen LogP contribution in [0, 0.1) is 0 Å². The van der Waals surface area contributed by atoms with Crippen LogP contribution in [-0.4, -0.2) is 25.0 Å². The number of aryl methyl sites for hydroxylation is 1. The van der Waals surface area contributed by atoms with Crippen LogP contribution in [-0.2, 0) is 11.2 Å². The molecule has 2 rings (SSSR count). The Bertz CT molecular complexity index is 696. The number of hydrogen-bond acceptors (Lipinski definition) is 3. The van der Waals surface area contributed by atoms with Crippen LogP contribution < -0.4 is 15.4 Å². The first kappa shape index (κ1) is 17.5. The molecule has 2 aromatic rings. The molecule has 2 aromatic carbocycles. The van der Waals surface area contributed by atoms with Gasteiger partial charge >= 0.3 is 0 Å². The van der Waals surface area contributed by atoms with Crippen molar-refractivity contribution in [3.05, 3.63) is 59.7 Å². The van der Waals surface area contributed by atoms with Crippen LogP contribution in [0.25, 0.3) is 0 Å². The molecule has 0 aromatic heterocycles. The van der Waals surface area contributed by atoms with Gasteiger partial charge in [-0.15, -0.1) is 0 Å². The second kappa shape index (κ2) is 8.72. The average molecular weight is 326 g/mol. The first-order valence-electron chi connectivity index (χ1n) is 8.02. The summed E-state index contributed by atoms with van der Waals surface area (Å²) in [6, 6.07) is 14.6. The fraction of sp³-hybridized carbons (Fsp3) is 0.263. The van der Waals surface area contributed by atoms with Crippen molar-refractivity contribution < 1.29 is 14.3 Å². The van der Waals surface area contributed by atoms with Gasteiger partial charge in [-0.05, 0) is 43.2 Å². The molecular weight excluding hydrogens is 304 g/mol. The number of hydrogen-bond donors (Lipinski definition) is 2. The zero-order valence-electron chi connectivity index (χ0n) is 14.0. The van der Waals surface area contributed by atoms with Crippen LogP contribution in [0.4, 0.5) is 5.69 Å². The van der Waals surface area contributed by atoms with Gasteiger partial charge in [0.1, 0.15) is 5.75 Å². The summed E-state index contributed by atoms with van der Waals surface area (Å²) in [5, 5.41) is 5.36. The van der Waals surface area contributed by atoms with Crippen molar-refractivity contribution in [2.75, 3.05) is 18.5 Å². The molecule has 0 unspecified atom stereocenters. The Labute approximate surface area is 142 Å². The lowest BCUT2D eigenvalue weighted by molar-refractivity contribution is -0.115. The summed E-state index contributed by atoms with van der Waals surface area (Å²) < 4.78 is 5.42. The SMILES string of the molecule is CCOc1ccccc1C(=O)NCC(=O)Nc1ccc(CC)cc1. The summed E-state index contributed by atoms with van der Waals surface area (Å²) in [5.74, 6) is -0.106. The number of carbonyl (C=O) groups is 2. The standard InChI is InChI=1S/C19H22N2O3/c1-3-14-9-11-15(12-10-14)21-18(22)13-20-19(23)16-7-5-6-8-17(16)24-4-2/h5-12H,3-4,13H2,1-2H3,(H,20,23)(H,21,22). The predicted octanol–water partition coefficient (Wildman–Crippen LogP) is 3.02. The van der Waals surface area contributed by atoms with Gasteiger partial charge in [-0.1, -0.05) is 31.2 Å². The average Bonchev–Trinajstić information content (AvgIpc) is 2.61. The Hall–Kier alpha value is -2.82. The van der Waals surface area contributed by atoms with E-state index in [1.807, 2.05) is 31.2 Å². The molecule has 126 valence electrons. The molecule has 0 aliphatic carbocycles. The largest absolute Gasteiger partial charge is 0.493 e. The second-order valence-electron chi connectivity index (χ2n) is 5.21. The molecule has 0 heterocycles. The molecule has 0 aliphatic rings. The van der Waals surface area contributed by atoms with Gasteiger partial charge < -0.3 is 15.4 Å². The van der Waals surface area contributed by atoms with Crippen molar-refractivity contribution in [3.63, 3.8) is 0 Å². The number of rotatable bonds is 7. The van der Waals surface area contributed by atoms with E-state index in [2.05, 4.69) is 17.6 Å². The third kappa shape index (κ3) is 4.84. The van der Waals surface area contributed by atoms with E-state index in [0.29, 0.717) is 23.6 Å². The van der Waals surface area contributed by atoms with Crippen molar-refractivity contribution in [1.82, 2.24) is 5.32 Å². The number of carbonyl (C=O) groups excluding carboxylic acids is 2. The quantitative estimate of drug-likeness (QED) is 0.822. The van der Waals surface area contributed by atoms with Gasteiger partial charge in [0.2, 0.25) is 5.91 Å². The minimum atomic E-state index is -0.337. The van der Waals surface area contributed by atoms with E-state index in [1.54, 1.807) is 24.3 Å². The summed E-state index contributed by atoms with van der Waals surface area (Å²) in [6.07, 6.45) is 0.948. The van der Waals surface area contributed by atoms with E-state index in [9.17, 15) is 9.59 Å². The first-order chi connectivity index (χ1) is 11.6. The molecular formula is C19H22N2O3. The summed E-state index contributed by atoms with van der Waals surface area (Å²) in [6.45, 7) is 4.29. The zero-order chi connectivity index (χ0) is 17.4. The number of amides is 2. The summed E-state index contributed by atoms with van der Waals surface area (Å²) in [7, 11) is 0. The van der Waals surface area contributed by atoms with Crippen LogP contribution in [0.3, 0.4) is 0 Å². The van der Waals surface area contributed by atoms with Gasteiger partial charge in [-0.3, -0.25) is 9.59 Å². The van der Waals surface area contributed by atoms with E-state index in [4.69, 9.17) is 4.74 Å². The molecule has 2 N–H and O–H groups in total. The monoisotopic (exact) mass is 326 g/mol. The lowest BCUT2D eigenvalue weighted by Crippen LogP contribution is -2.33. The molecule has 0 aliphatic heterocycles. The van der Waals surface area contributed by atoms with Crippen LogP contribution >= 0.6 is 0 Å². The highest BCUT2D eigenvalue weighted by Crippen LogP contribution is 2.17. The normalized spacial score (nSPS) is 10.1. The van der Waals surface area contributed by atoms with Crippen molar-refractivity contribution in [2.45, 2.75) is 20.3 Å². The van der Waals surface area contributed by atoms with Gasteiger partial charge in [0.15, 0.2) is 0 Å². The fourth-order valence-electron chi connectivity index (χ4n) is 2.22. The maximum Gasteiger partial charge on any atom is 0.255 e. The van der Waals surface area contributed by atoms with Gasteiger partial charge in [0, 0.05) is 5.69 Å². The lowest BCUT2D eigenvalue weighted by atomic mass is 10.1. The predicted molar refractivity (Wildman–Crippen MR) is 94.4 cm³/mol. The molecule has 0 saturated carbocycles. The summed E-state index contributed by atoms with van der Waals surface area (Å²) in [5.41, 5.74) is 2.33. The Kier molecular flexibility index (Phi) is 6.37. The maximum atomic E-state index is 12.2. The number of nitrogens with one attached hydrogen (secondary N) is 2. The molecule has 5 nitrogen and oxygen atoms in total. The zero-order valence-corrected chi connectivity index (χ0v) is 14.0. The van der Waals surface area contributed by atoms with Gasteiger partial charge in [-0.2, -0.15) is 0 Å². The van der Waals surface area contributed by atoms with Crippen molar-refractivity contribution in [2.24, 2.45) is 0 Å². The molecule has 0 saturated heterocycles. The van der Waals surface area contributed by atoms with E-state index in [0.717, 1.165) is 6.42 Å². The number of ether oxygens (including phenoxy) is 1. The van der Waals surface area contributed by atoms with Crippen molar-refractivity contribution >= 4 is 17.5 Å². The smallest absolute Gasteiger partial charge is 0.255 e. The molecule has 5 heteroatoms. The third-order valence-electron chi connectivity index (χ3n) is 3.49. The second-order valence-corrected chi connectivity index (χ2v) is 5.21. The van der Waals surface area contributed by atoms with Crippen molar-refractivity contribution in [1.29, 1.82) is 0 Å². The topological polar surface area (TPSA) is 67.4 Å². The minimum absolute atomic E-state index is 0.102. The minimum Gasteiger partial charge on any atom is -0.493 e. The molecule has 0 atom stereocenters. The van der Waals surface area contributed by atoms with E-state index < -0.39 is 0 Å². The molecule has 0 bridgehead atoms. The highest BCUT2D eigenvalue weighted by molar-refractivity contribution is 6.00. The van der Waals surface area contributed by atoms with Crippen molar-refractivity contribution in [3.8, 4) is 5.75 Å². The van der Waals surface area contributed by atoms with Gasteiger partial charge in [0.05, 0.1) is 18.7 Å². The molecule has 24 heavy (non-hydrogen) atoms. The molecule has 0 radical (unpaired) electrons. The first-order valence-corrected chi connectivity index (χ1v) is 8.02. The Morgan fingerprint density at radius 2 is 1.71 bits per heavy atom. The van der Waals surface area contributed by atoms with Crippen LogP contribution in [0.1, 0.15) is 29.8 Å². The summed E-state index contributed by atoms with van der Waals surface area (Å²) in [4.78, 5) is 24.2. The Morgan fingerprint density at radius 1 is 1.00 bits per heavy atom. The molecule has 2 amide bonds. The van der Waals surface area contributed by atoms with Gasteiger partial charge in [-0.25, -0.2) is 0 Å². The fourth-order valence-corrected chi connectivity index (χ4v) is 2.22. The Balaban J connectivity index is 1.90. The number of benzene rings is 2. The molecule has 0 fully saturated rings.